The van der Waals surface area contributed by atoms with Crippen molar-refractivity contribution in [3.05, 3.63) is 241 Å². The minimum atomic E-state index is 1.17. The van der Waals surface area contributed by atoms with E-state index in [9.17, 15) is 0 Å². The van der Waals surface area contributed by atoms with E-state index >= 15 is 0 Å². The summed E-state index contributed by atoms with van der Waals surface area (Å²) in [6, 6.07) is 82.1. The van der Waals surface area contributed by atoms with E-state index in [0.29, 0.717) is 0 Å². The monoisotopic (exact) mass is 734 g/mol. The molecule has 11 aromatic rings. The number of rotatable bonds is 6. The summed E-state index contributed by atoms with van der Waals surface area (Å²) in [5.41, 5.74) is 12.3. The minimum absolute atomic E-state index is 1.17. The zero-order valence-corrected chi connectivity index (χ0v) is 31.9. The van der Waals surface area contributed by atoms with Crippen LogP contribution in [0.3, 0.4) is 0 Å². The van der Waals surface area contributed by atoms with Crippen molar-refractivity contribution in [3.8, 4) is 33.4 Å². The van der Waals surface area contributed by atoms with E-state index in [4.69, 9.17) is 0 Å². The van der Waals surface area contributed by atoms with Crippen molar-refractivity contribution in [2.45, 2.75) is 0 Å². The first-order valence-corrected chi connectivity index (χ1v) is 20.1. The van der Waals surface area contributed by atoms with Crippen LogP contribution in [0.5, 0.6) is 0 Å². The number of hydrogen-bond donors (Lipinski definition) is 0. The van der Waals surface area contributed by atoms with Crippen molar-refractivity contribution in [2.24, 2.45) is 0 Å². The van der Waals surface area contributed by atoms with E-state index in [1.54, 1.807) is 0 Å². The highest BCUT2D eigenvalue weighted by Crippen LogP contribution is 2.50. The van der Waals surface area contributed by atoms with Crippen molar-refractivity contribution >= 4 is 65.5 Å². The van der Waals surface area contributed by atoms with Gasteiger partial charge in [-0.05, 0) is 122 Å². The Balaban J connectivity index is 1.14. The fourth-order valence-corrected chi connectivity index (χ4v) is 9.24. The molecule has 0 bridgehead atoms. The maximum absolute atomic E-state index is 2.36. The molecular weight excluding hydrogens is 697 g/mol. The summed E-state index contributed by atoms with van der Waals surface area (Å²) in [6.07, 6.45) is 2.31. The summed E-state index contributed by atoms with van der Waals surface area (Å²) in [5, 5.41) is 12.6. The van der Waals surface area contributed by atoms with E-state index in [1.807, 2.05) is 0 Å². The average Bonchev–Trinajstić information content (AvgIpc) is 3.30. The third kappa shape index (κ3) is 5.69. The second-order valence-corrected chi connectivity index (χ2v) is 15.2. The molecule has 0 aromatic heterocycles. The molecule has 270 valence electrons. The lowest BCUT2D eigenvalue weighted by Gasteiger charge is -2.22. The Bertz CT molecular complexity index is 3200. The van der Waals surface area contributed by atoms with Crippen LogP contribution in [0.2, 0.25) is 0 Å². The smallest absolute Gasteiger partial charge is 0.00139 e. The third-order valence-electron chi connectivity index (χ3n) is 11.8. The lowest BCUT2D eigenvalue weighted by atomic mass is 9.81. The average molecular weight is 735 g/mol. The zero-order valence-electron chi connectivity index (χ0n) is 31.9. The lowest BCUT2D eigenvalue weighted by Crippen LogP contribution is -1.94. The standard InChI is InChI=1S/C58H38/c1-3-18-41(19-4-1)54(42-20-5-2-6-21-42)37-39-31-33-43(34-32-39)55-46-23-9-13-27-50(46)57(51-28-14-10-24-47(51)55)58-52-29-15-11-25-48(52)56(49-26-12-16-30-53(49)58)45-36-35-40-17-7-8-22-44(40)38-45/h1-38H. The van der Waals surface area contributed by atoms with Crippen LogP contribution < -0.4 is 0 Å². The second-order valence-electron chi connectivity index (χ2n) is 15.2. The van der Waals surface area contributed by atoms with E-state index in [0.717, 1.165) is 0 Å². The Morgan fingerprint density at radius 3 is 1.05 bits per heavy atom. The highest BCUT2D eigenvalue weighted by atomic mass is 14.2. The molecule has 0 saturated carbocycles. The van der Waals surface area contributed by atoms with Crippen LogP contribution in [-0.4, -0.2) is 0 Å². The summed E-state index contributed by atoms with van der Waals surface area (Å²) in [5.74, 6) is 0. The fraction of sp³-hybridized carbons (Fsp3) is 0. The van der Waals surface area contributed by atoms with Gasteiger partial charge in [0.1, 0.15) is 0 Å². The van der Waals surface area contributed by atoms with Gasteiger partial charge in [-0.3, -0.25) is 0 Å². The van der Waals surface area contributed by atoms with Gasteiger partial charge in [0.25, 0.3) is 0 Å². The van der Waals surface area contributed by atoms with E-state index < -0.39 is 0 Å². The molecule has 0 spiro atoms. The second kappa shape index (κ2) is 14.2. The van der Waals surface area contributed by atoms with Crippen molar-refractivity contribution in [2.75, 3.05) is 0 Å². The van der Waals surface area contributed by atoms with Crippen molar-refractivity contribution < 1.29 is 0 Å². The van der Waals surface area contributed by atoms with Crippen LogP contribution in [0, 0.1) is 0 Å². The van der Waals surface area contributed by atoms with Crippen LogP contribution >= 0.6 is 0 Å². The molecule has 0 unspecified atom stereocenters. The highest BCUT2D eigenvalue weighted by molar-refractivity contribution is 6.30. The van der Waals surface area contributed by atoms with Gasteiger partial charge in [0.15, 0.2) is 0 Å². The van der Waals surface area contributed by atoms with Gasteiger partial charge in [-0.25, -0.2) is 0 Å². The van der Waals surface area contributed by atoms with Crippen LogP contribution in [0.1, 0.15) is 16.7 Å². The summed E-state index contributed by atoms with van der Waals surface area (Å²) >= 11 is 0. The molecule has 0 saturated heterocycles. The molecular formula is C58H38. The molecule has 0 amide bonds. The molecule has 0 aliphatic rings. The fourth-order valence-electron chi connectivity index (χ4n) is 9.24. The maximum Gasteiger partial charge on any atom is -0.00139 e. The molecule has 58 heavy (non-hydrogen) atoms. The summed E-state index contributed by atoms with van der Waals surface area (Å²) in [6.45, 7) is 0. The zero-order chi connectivity index (χ0) is 38.4. The maximum atomic E-state index is 2.36. The molecule has 0 fully saturated rings. The van der Waals surface area contributed by atoms with Gasteiger partial charge in [0.05, 0.1) is 0 Å². The first-order chi connectivity index (χ1) is 28.8. The van der Waals surface area contributed by atoms with E-state index in [2.05, 4.69) is 231 Å². The molecule has 0 heteroatoms. The molecule has 0 N–H and O–H groups in total. The molecule has 0 nitrogen and oxygen atoms in total. The van der Waals surface area contributed by atoms with Crippen LogP contribution in [0.25, 0.3) is 98.9 Å². The summed E-state index contributed by atoms with van der Waals surface area (Å²) in [7, 11) is 0. The quantitative estimate of drug-likeness (QED) is 0.118. The predicted octanol–water partition coefficient (Wildman–Crippen LogP) is 16.0. The molecule has 0 heterocycles. The Hall–Kier alpha value is -7.54. The SMILES string of the molecule is C(=C(c1ccccc1)c1ccccc1)c1ccc(-c2c3ccccc3c(-c3c4ccccc4c(-c4ccc5ccccc5c4)c4ccccc34)c3ccccc23)cc1. The van der Waals surface area contributed by atoms with Crippen molar-refractivity contribution in [3.63, 3.8) is 0 Å². The lowest BCUT2D eigenvalue weighted by molar-refractivity contribution is 1.55. The predicted molar refractivity (Wildman–Crippen MR) is 250 cm³/mol. The van der Waals surface area contributed by atoms with Gasteiger partial charge in [-0.1, -0.05) is 218 Å². The van der Waals surface area contributed by atoms with E-state index in [-0.39, 0.29) is 0 Å². The van der Waals surface area contributed by atoms with Gasteiger partial charge >= 0.3 is 0 Å². The molecule has 11 rings (SSSR count). The van der Waals surface area contributed by atoms with Gasteiger partial charge in [-0.15, -0.1) is 0 Å². The van der Waals surface area contributed by atoms with Gasteiger partial charge < -0.3 is 0 Å². The Morgan fingerprint density at radius 1 is 0.259 bits per heavy atom. The summed E-state index contributed by atoms with van der Waals surface area (Å²) in [4.78, 5) is 0. The first kappa shape index (κ1) is 33.8. The minimum Gasteiger partial charge on any atom is -0.0622 e. The third-order valence-corrected chi connectivity index (χ3v) is 11.8. The molecule has 0 aliphatic carbocycles. The number of hydrogen-bond acceptors (Lipinski definition) is 0. The largest absolute Gasteiger partial charge is 0.0622 e. The van der Waals surface area contributed by atoms with Gasteiger partial charge in [0, 0.05) is 0 Å². The molecule has 0 aliphatic heterocycles. The molecule has 11 aromatic carbocycles. The summed E-state index contributed by atoms with van der Waals surface area (Å²) < 4.78 is 0. The normalized spacial score (nSPS) is 11.4. The van der Waals surface area contributed by atoms with Crippen LogP contribution in [-0.2, 0) is 0 Å². The van der Waals surface area contributed by atoms with Crippen molar-refractivity contribution in [1.82, 2.24) is 0 Å². The Kier molecular flexibility index (Phi) is 8.26. The Labute approximate surface area is 338 Å². The van der Waals surface area contributed by atoms with Gasteiger partial charge in [0.2, 0.25) is 0 Å². The van der Waals surface area contributed by atoms with E-state index in [1.165, 1.54) is 110 Å². The van der Waals surface area contributed by atoms with Gasteiger partial charge in [-0.2, -0.15) is 0 Å². The molecule has 0 radical (unpaired) electrons. The number of fused-ring (bicyclic) bond motifs is 5. The van der Waals surface area contributed by atoms with Crippen LogP contribution in [0.4, 0.5) is 0 Å². The van der Waals surface area contributed by atoms with Crippen LogP contribution in [0.15, 0.2) is 224 Å². The molecule has 0 atom stereocenters. The Morgan fingerprint density at radius 2 is 0.603 bits per heavy atom. The number of benzene rings is 11. The topological polar surface area (TPSA) is 0 Å². The van der Waals surface area contributed by atoms with Crippen molar-refractivity contribution in [1.29, 1.82) is 0 Å². The highest BCUT2D eigenvalue weighted by Gasteiger charge is 2.22. The first-order valence-electron chi connectivity index (χ1n) is 20.1.